The average molecular weight is 393 g/mol. The predicted molar refractivity (Wildman–Crippen MR) is 107 cm³/mol. The molecular formula is C20H31N3O5. The molecule has 1 saturated heterocycles. The first-order valence-corrected chi connectivity index (χ1v) is 10.1. The van der Waals surface area contributed by atoms with Crippen molar-refractivity contribution < 1.29 is 19.2 Å². The molecule has 0 bridgehead atoms. The Morgan fingerprint density at radius 1 is 1.21 bits per heavy atom. The highest BCUT2D eigenvalue weighted by Gasteiger charge is 2.19. The Balaban J connectivity index is 1.90. The molecule has 1 aliphatic heterocycles. The van der Waals surface area contributed by atoms with Crippen LogP contribution in [0.4, 0.5) is 5.69 Å². The fourth-order valence-electron chi connectivity index (χ4n) is 3.14. The van der Waals surface area contributed by atoms with Gasteiger partial charge in [-0.15, -0.1) is 0 Å². The van der Waals surface area contributed by atoms with Crippen LogP contribution in [0.2, 0.25) is 0 Å². The van der Waals surface area contributed by atoms with Crippen molar-refractivity contribution in [1.82, 2.24) is 9.80 Å². The molecule has 0 N–H and O–H groups in total. The van der Waals surface area contributed by atoms with E-state index in [-0.39, 0.29) is 24.0 Å². The van der Waals surface area contributed by atoms with Crippen molar-refractivity contribution in [3.05, 3.63) is 34.4 Å². The summed E-state index contributed by atoms with van der Waals surface area (Å²) < 4.78 is 10.9. The van der Waals surface area contributed by atoms with Gasteiger partial charge in [0.05, 0.1) is 18.1 Å². The minimum absolute atomic E-state index is 0.125. The standard InChI is InChI=1S/C20H31N3O5/c1-2-3-4-7-10-22(12-11-21-13-15-27-16-14-21)20(24)17-28-19-9-6-5-8-18(19)23(25)26/h5-6,8-9H,2-4,7,10-17H2,1H3. The number of unbranched alkanes of at least 4 members (excludes halogenated alkanes) is 3. The third-order valence-corrected chi connectivity index (χ3v) is 4.84. The van der Waals surface area contributed by atoms with Crippen LogP contribution in [0, 0.1) is 10.1 Å². The molecule has 0 atom stereocenters. The Hall–Kier alpha value is -2.19. The lowest BCUT2D eigenvalue weighted by Gasteiger charge is -2.30. The van der Waals surface area contributed by atoms with Gasteiger partial charge in [0.25, 0.3) is 5.91 Å². The molecule has 8 heteroatoms. The normalized spacial score (nSPS) is 14.6. The maximum absolute atomic E-state index is 12.7. The van der Waals surface area contributed by atoms with Gasteiger partial charge in [-0.25, -0.2) is 0 Å². The summed E-state index contributed by atoms with van der Waals surface area (Å²) in [5.41, 5.74) is -0.127. The highest BCUT2D eigenvalue weighted by Crippen LogP contribution is 2.25. The molecule has 1 heterocycles. The lowest BCUT2D eigenvalue weighted by molar-refractivity contribution is -0.385. The number of carbonyl (C=O) groups is 1. The van der Waals surface area contributed by atoms with Gasteiger partial charge in [0.15, 0.2) is 12.4 Å². The number of rotatable bonds is 12. The zero-order chi connectivity index (χ0) is 20.2. The van der Waals surface area contributed by atoms with Crippen molar-refractivity contribution >= 4 is 11.6 Å². The maximum atomic E-state index is 12.7. The molecule has 2 rings (SSSR count). The topological polar surface area (TPSA) is 85.2 Å². The van der Waals surface area contributed by atoms with Crippen LogP contribution in [0.25, 0.3) is 0 Å². The van der Waals surface area contributed by atoms with Crippen LogP contribution in [-0.2, 0) is 9.53 Å². The second kappa shape index (κ2) is 12.3. The highest BCUT2D eigenvalue weighted by atomic mass is 16.6. The number of amides is 1. The second-order valence-electron chi connectivity index (χ2n) is 6.91. The molecule has 0 saturated carbocycles. The summed E-state index contributed by atoms with van der Waals surface area (Å²) >= 11 is 0. The largest absolute Gasteiger partial charge is 0.477 e. The van der Waals surface area contributed by atoms with Gasteiger partial charge >= 0.3 is 5.69 Å². The molecule has 1 aliphatic rings. The molecule has 0 aromatic heterocycles. The van der Waals surface area contributed by atoms with Crippen LogP contribution in [0.15, 0.2) is 24.3 Å². The Labute approximate surface area is 166 Å². The molecular weight excluding hydrogens is 362 g/mol. The minimum atomic E-state index is -0.499. The van der Waals surface area contributed by atoms with Crippen LogP contribution in [-0.4, -0.2) is 73.2 Å². The monoisotopic (exact) mass is 393 g/mol. The average Bonchev–Trinajstić information content (AvgIpc) is 2.72. The van der Waals surface area contributed by atoms with Gasteiger partial charge in [0, 0.05) is 38.8 Å². The van der Waals surface area contributed by atoms with Crippen molar-refractivity contribution in [3.63, 3.8) is 0 Å². The molecule has 8 nitrogen and oxygen atoms in total. The summed E-state index contributed by atoms with van der Waals surface area (Å²) in [6.07, 6.45) is 4.33. The lowest BCUT2D eigenvalue weighted by Crippen LogP contribution is -2.44. The fraction of sp³-hybridized carbons (Fsp3) is 0.650. The van der Waals surface area contributed by atoms with Crippen LogP contribution in [0.5, 0.6) is 5.75 Å². The smallest absolute Gasteiger partial charge is 0.310 e. The molecule has 156 valence electrons. The fourth-order valence-corrected chi connectivity index (χ4v) is 3.14. The lowest BCUT2D eigenvalue weighted by atomic mass is 10.2. The number of nitrogens with zero attached hydrogens (tertiary/aromatic N) is 3. The van der Waals surface area contributed by atoms with Crippen LogP contribution < -0.4 is 4.74 Å². The molecule has 0 radical (unpaired) electrons. The number of morpholine rings is 1. The van der Waals surface area contributed by atoms with Crippen LogP contribution in [0.1, 0.15) is 32.6 Å². The summed E-state index contributed by atoms with van der Waals surface area (Å²) in [6, 6.07) is 6.13. The number of carbonyl (C=O) groups excluding carboxylic acids is 1. The SMILES string of the molecule is CCCCCCN(CCN1CCOCC1)C(=O)COc1ccccc1[N+](=O)[O-]. The van der Waals surface area contributed by atoms with Crippen molar-refractivity contribution in [2.45, 2.75) is 32.6 Å². The van der Waals surface area contributed by atoms with Crippen molar-refractivity contribution in [2.75, 3.05) is 52.5 Å². The summed E-state index contributed by atoms with van der Waals surface area (Å²) in [6.45, 7) is 7.29. The number of benzene rings is 1. The van der Waals surface area contributed by atoms with E-state index in [9.17, 15) is 14.9 Å². The summed E-state index contributed by atoms with van der Waals surface area (Å²) in [4.78, 5) is 27.4. The van der Waals surface area contributed by atoms with Gasteiger partial charge in [-0.05, 0) is 12.5 Å². The molecule has 1 aromatic carbocycles. The van der Waals surface area contributed by atoms with Gasteiger partial charge in [0.2, 0.25) is 0 Å². The van der Waals surface area contributed by atoms with Gasteiger partial charge in [-0.3, -0.25) is 19.8 Å². The number of hydrogen-bond donors (Lipinski definition) is 0. The predicted octanol–water partition coefficient (Wildman–Crippen LogP) is 2.71. The molecule has 1 aromatic rings. The molecule has 0 aliphatic carbocycles. The van der Waals surface area contributed by atoms with Gasteiger partial charge in [0.1, 0.15) is 0 Å². The van der Waals surface area contributed by atoms with Gasteiger partial charge in [-0.2, -0.15) is 0 Å². The van der Waals surface area contributed by atoms with Crippen molar-refractivity contribution in [1.29, 1.82) is 0 Å². The van der Waals surface area contributed by atoms with E-state index in [1.165, 1.54) is 12.1 Å². The van der Waals surface area contributed by atoms with E-state index in [2.05, 4.69) is 11.8 Å². The third kappa shape index (κ3) is 7.44. The highest BCUT2D eigenvalue weighted by molar-refractivity contribution is 5.78. The van der Waals surface area contributed by atoms with E-state index in [0.717, 1.165) is 58.5 Å². The first kappa shape index (κ1) is 22.1. The number of hydrogen-bond acceptors (Lipinski definition) is 6. The van der Waals surface area contributed by atoms with Crippen molar-refractivity contribution in [2.24, 2.45) is 0 Å². The zero-order valence-electron chi connectivity index (χ0n) is 16.7. The molecule has 1 fully saturated rings. The Kier molecular flexibility index (Phi) is 9.71. The summed E-state index contributed by atoms with van der Waals surface area (Å²) in [5, 5.41) is 11.1. The van der Waals surface area contributed by atoms with Crippen molar-refractivity contribution in [3.8, 4) is 5.75 Å². The van der Waals surface area contributed by atoms with Gasteiger partial charge < -0.3 is 14.4 Å². The first-order chi connectivity index (χ1) is 13.6. The molecule has 1 amide bonds. The summed E-state index contributed by atoms with van der Waals surface area (Å²) in [5.74, 6) is -0.0112. The number of nitro groups is 1. The first-order valence-electron chi connectivity index (χ1n) is 10.1. The van der Waals surface area contributed by atoms with Crippen LogP contribution >= 0.6 is 0 Å². The second-order valence-corrected chi connectivity index (χ2v) is 6.91. The molecule has 28 heavy (non-hydrogen) atoms. The van der Waals surface area contributed by atoms with E-state index >= 15 is 0 Å². The summed E-state index contributed by atoms with van der Waals surface area (Å²) in [7, 11) is 0. The van der Waals surface area contributed by atoms with E-state index in [4.69, 9.17) is 9.47 Å². The minimum Gasteiger partial charge on any atom is -0.477 e. The van der Waals surface area contributed by atoms with E-state index < -0.39 is 4.92 Å². The molecule has 0 unspecified atom stereocenters. The maximum Gasteiger partial charge on any atom is 0.310 e. The van der Waals surface area contributed by atoms with Crippen LogP contribution in [0.3, 0.4) is 0 Å². The third-order valence-electron chi connectivity index (χ3n) is 4.84. The molecule has 0 spiro atoms. The van der Waals surface area contributed by atoms with Gasteiger partial charge in [-0.1, -0.05) is 38.3 Å². The quantitative estimate of drug-likeness (QED) is 0.308. The van der Waals surface area contributed by atoms with E-state index in [1.807, 2.05) is 4.90 Å². The van der Waals surface area contributed by atoms with E-state index in [1.54, 1.807) is 12.1 Å². The Morgan fingerprint density at radius 3 is 2.68 bits per heavy atom. The number of para-hydroxylation sites is 2. The Bertz CT molecular complexity index is 620. The number of nitro benzene ring substituents is 1. The zero-order valence-corrected chi connectivity index (χ0v) is 16.7. The number of ether oxygens (including phenoxy) is 2. The van der Waals surface area contributed by atoms with E-state index in [0.29, 0.717) is 13.1 Å². The Morgan fingerprint density at radius 2 is 1.96 bits per heavy atom.